The quantitative estimate of drug-likeness (QED) is 0.581. The highest BCUT2D eigenvalue weighted by Crippen LogP contribution is 2.16. The summed E-state index contributed by atoms with van der Waals surface area (Å²) in [6.45, 7) is 4.72. The summed E-state index contributed by atoms with van der Waals surface area (Å²) in [6, 6.07) is 12.6. The van der Waals surface area contributed by atoms with E-state index in [-0.39, 0.29) is 18.3 Å². The summed E-state index contributed by atoms with van der Waals surface area (Å²) in [6.07, 6.45) is 1.46. The zero-order chi connectivity index (χ0) is 19.4. The van der Waals surface area contributed by atoms with Crippen molar-refractivity contribution in [3.8, 4) is 0 Å². The zero-order valence-corrected chi connectivity index (χ0v) is 15.7. The number of ether oxygens (including phenoxy) is 1. The minimum atomic E-state index is -0.539. The highest BCUT2D eigenvalue weighted by molar-refractivity contribution is 6.00. The number of ketones is 1. The molecule has 2 aromatic carbocycles. The van der Waals surface area contributed by atoms with Crippen molar-refractivity contribution >= 4 is 17.7 Å². The van der Waals surface area contributed by atoms with Gasteiger partial charge in [-0.15, -0.1) is 0 Å². The van der Waals surface area contributed by atoms with Gasteiger partial charge in [-0.1, -0.05) is 29.8 Å². The highest BCUT2D eigenvalue weighted by atomic mass is 16.5. The molecule has 0 aliphatic carbocycles. The Morgan fingerprint density at radius 3 is 2.67 bits per heavy atom. The Balaban J connectivity index is 1.62. The zero-order valence-electron chi connectivity index (χ0n) is 15.7. The van der Waals surface area contributed by atoms with Gasteiger partial charge in [0.25, 0.3) is 0 Å². The monoisotopic (exact) mass is 365 g/mol. The summed E-state index contributed by atoms with van der Waals surface area (Å²) in [5.74, 6) is -0.617. The molecule has 0 spiro atoms. The first kappa shape index (κ1) is 18.8. The lowest BCUT2D eigenvalue weighted by atomic mass is 10.0. The standard InChI is InChI=1S/C22H23NO4/c1-15-8-9-16(2)19(11-15)20(24)14-27-22(26)18-6-3-5-17(12-18)13-23-10-4-7-21(23)25/h3,5-6,8-9,11-12H,4,7,10,13-14H2,1-2H3. The van der Waals surface area contributed by atoms with Crippen molar-refractivity contribution < 1.29 is 19.1 Å². The number of carbonyl (C=O) groups excluding carboxylic acids is 3. The molecule has 1 fully saturated rings. The molecule has 3 rings (SSSR count). The smallest absolute Gasteiger partial charge is 0.338 e. The van der Waals surface area contributed by atoms with Crippen LogP contribution in [0.3, 0.4) is 0 Å². The molecule has 5 heteroatoms. The predicted octanol–water partition coefficient (Wildman–Crippen LogP) is 3.47. The van der Waals surface area contributed by atoms with Crippen molar-refractivity contribution in [2.75, 3.05) is 13.2 Å². The van der Waals surface area contributed by atoms with Crippen molar-refractivity contribution in [1.82, 2.24) is 4.90 Å². The Kier molecular flexibility index (Phi) is 5.69. The Morgan fingerprint density at radius 1 is 1.11 bits per heavy atom. The molecular weight excluding hydrogens is 342 g/mol. The third-order valence-corrected chi connectivity index (χ3v) is 4.74. The number of hydrogen-bond acceptors (Lipinski definition) is 4. The van der Waals surface area contributed by atoms with Gasteiger partial charge in [0, 0.05) is 25.1 Å². The van der Waals surface area contributed by atoms with Crippen molar-refractivity contribution in [1.29, 1.82) is 0 Å². The van der Waals surface area contributed by atoms with Crippen molar-refractivity contribution in [3.05, 3.63) is 70.3 Å². The van der Waals surface area contributed by atoms with Crippen LogP contribution in [-0.2, 0) is 16.1 Å². The van der Waals surface area contributed by atoms with Crippen LogP contribution >= 0.6 is 0 Å². The third-order valence-electron chi connectivity index (χ3n) is 4.74. The van der Waals surface area contributed by atoms with Crippen LogP contribution in [0.2, 0.25) is 0 Å². The first-order valence-corrected chi connectivity index (χ1v) is 9.08. The van der Waals surface area contributed by atoms with Crippen LogP contribution < -0.4 is 0 Å². The molecule has 1 aliphatic rings. The van der Waals surface area contributed by atoms with Crippen molar-refractivity contribution in [2.45, 2.75) is 33.2 Å². The fourth-order valence-corrected chi connectivity index (χ4v) is 3.22. The predicted molar refractivity (Wildman–Crippen MR) is 102 cm³/mol. The SMILES string of the molecule is Cc1ccc(C)c(C(=O)COC(=O)c2cccc(CN3CCCC3=O)c2)c1. The molecule has 0 saturated carbocycles. The van der Waals surface area contributed by atoms with Gasteiger partial charge < -0.3 is 9.64 Å². The van der Waals surface area contributed by atoms with Crippen LogP contribution in [-0.4, -0.2) is 35.7 Å². The van der Waals surface area contributed by atoms with E-state index in [4.69, 9.17) is 4.74 Å². The van der Waals surface area contributed by atoms with Crippen LogP contribution in [0.25, 0.3) is 0 Å². The molecule has 0 unspecified atom stereocenters. The molecule has 0 atom stereocenters. The molecule has 0 N–H and O–H groups in total. The first-order valence-electron chi connectivity index (χ1n) is 9.08. The number of hydrogen-bond donors (Lipinski definition) is 0. The number of carbonyl (C=O) groups is 3. The molecule has 1 amide bonds. The molecule has 0 aromatic heterocycles. The van der Waals surface area contributed by atoms with E-state index in [1.54, 1.807) is 29.2 Å². The molecule has 1 heterocycles. The van der Waals surface area contributed by atoms with Gasteiger partial charge >= 0.3 is 5.97 Å². The van der Waals surface area contributed by atoms with Crippen LogP contribution in [0.15, 0.2) is 42.5 Å². The average molecular weight is 365 g/mol. The molecule has 1 aliphatic heterocycles. The molecule has 0 bridgehead atoms. The summed E-state index contributed by atoms with van der Waals surface area (Å²) in [5, 5.41) is 0. The maximum absolute atomic E-state index is 12.4. The van der Waals surface area contributed by atoms with Gasteiger partial charge in [-0.05, 0) is 49.6 Å². The van der Waals surface area contributed by atoms with E-state index >= 15 is 0 Å². The number of esters is 1. The lowest BCUT2D eigenvalue weighted by Crippen LogP contribution is -2.24. The van der Waals surface area contributed by atoms with E-state index in [0.717, 1.165) is 29.7 Å². The molecule has 0 radical (unpaired) electrons. The summed E-state index contributed by atoms with van der Waals surface area (Å²) < 4.78 is 5.22. The maximum atomic E-state index is 12.4. The molecule has 27 heavy (non-hydrogen) atoms. The van der Waals surface area contributed by atoms with Crippen LogP contribution in [0.5, 0.6) is 0 Å². The fraction of sp³-hybridized carbons (Fsp3) is 0.318. The van der Waals surface area contributed by atoms with E-state index in [1.807, 2.05) is 32.0 Å². The second-order valence-corrected chi connectivity index (χ2v) is 6.94. The van der Waals surface area contributed by atoms with Crippen LogP contribution in [0, 0.1) is 13.8 Å². The number of aryl methyl sites for hydroxylation is 2. The summed E-state index contributed by atoms with van der Waals surface area (Å²) in [7, 11) is 0. The van der Waals surface area contributed by atoms with Gasteiger partial charge in [0.05, 0.1) is 5.56 Å². The van der Waals surface area contributed by atoms with Gasteiger partial charge in [0.1, 0.15) is 0 Å². The van der Waals surface area contributed by atoms with E-state index in [0.29, 0.717) is 24.1 Å². The number of likely N-dealkylation sites (tertiary alicyclic amines) is 1. The summed E-state index contributed by atoms with van der Waals surface area (Å²) in [5.41, 5.74) is 3.68. The fourth-order valence-electron chi connectivity index (χ4n) is 3.22. The Morgan fingerprint density at radius 2 is 1.93 bits per heavy atom. The van der Waals surface area contributed by atoms with Crippen LogP contribution in [0.4, 0.5) is 0 Å². The number of rotatable bonds is 6. The summed E-state index contributed by atoms with van der Waals surface area (Å²) in [4.78, 5) is 38.2. The second-order valence-electron chi connectivity index (χ2n) is 6.94. The van der Waals surface area contributed by atoms with Gasteiger partial charge in [0.2, 0.25) is 11.7 Å². The highest BCUT2D eigenvalue weighted by Gasteiger charge is 2.20. The lowest BCUT2D eigenvalue weighted by Gasteiger charge is -2.15. The number of nitrogens with zero attached hydrogens (tertiary/aromatic N) is 1. The van der Waals surface area contributed by atoms with Gasteiger partial charge in [-0.25, -0.2) is 4.79 Å². The topological polar surface area (TPSA) is 63.7 Å². The molecule has 2 aromatic rings. The van der Waals surface area contributed by atoms with E-state index in [1.165, 1.54) is 0 Å². The molecule has 5 nitrogen and oxygen atoms in total. The Bertz CT molecular complexity index is 888. The number of benzene rings is 2. The number of Topliss-reactive ketones (excluding diaryl/α,β-unsaturated/α-hetero) is 1. The molecular formula is C22H23NO4. The lowest BCUT2D eigenvalue weighted by molar-refractivity contribution is -0.128. The molecule has 140 valence electrons. The molecule has 1 saturated heterocycles. The van der Waals surface area contributed by atoms with E-state index < -0.39 is 5.97 Å². The van der Waals surface area contributed by atoms with Crippen molar-refractivity contribution in [2.24, 2.45) is 0 Å². The number of amides is 1. The van der Waals surface area contributed by atoms with Gasteiger partial charge in [-0.3, -0.25) is 9.59 Å². The Labute approximate surface area is 158 Å². The van der Waals surface area contributed by atoms with Gasteiger partial charge in [0.15, 0.2) is 6.61 Å². The van der Waals surface area contributed by atoms with Crippen molar-refractivity contribution in [3.63, 3.8) is 0 Å². The minimum Gasteiger partial charge on any atom is -0.454 e. The Hall–Kier alpha value is -2.95. The third kappa shape index (κ3) is 4.61. The minimum absolute atomic E-state index is 0.141. The van der Waals surface area contributed by atoms with E-state index in [2.05, 4.69) is 0 Å². The van der Waals surface area contributed by atoms with Gasteiger partial charge in [-0.2, -0.15) is 0 Å². The largest absolute Gasteiger partial charge is 0.454 e. The normalized spacial score (nSPS) is 13.7. The summed E-state index contributed by atoms with van der Waals surface area (Å²) >= 11 is 0. The first-order chi connectivity index (χ1) is 12.9. The maximum Gasteiger partial charge on any atom is 0.338 e. The van der Waals surface area contributed by atoms with Crippen LogP contribution in [0.1, 0.15) is 50.2 Å². The average Bonchev–Trinajstić information content (AvgIpc) is 3.06. The van der Waals surface area contributed by atoms with E-state index in [9.17, 15) is 14.4 Å². The second kappa shape index (κ2) is 8.16.